The van der Waals surface area contributed by atoms with Gasteiger partial charge in [-0.25, -0.2) is 0 Å². The molecule has 3 aromatic rings. The van der Waals surface area contributed by atoms with Crippen molar-refractivity contribution >= 4 is 16.7 Å². The molecule has 0 saturated carbocycles. The van der Waals surface area contributed by atoms with Crippen molar-refractivity contribution in [3.05, 3.63) is 36.5 Å². The predicted octanol–water partition coefficient (Wildman–Crippen LogP) is 1.37. The molecule has 0 amide bonds. The second kappa shape index (κ2) is 3.95. The number of aromatic nitrogens is 5. The van der Waals surface area contributed by atoms with Gasteiger partial charge in [0.1, 0.15) is 0 Å². The van der Waals surface area contributed by atoms with E-state index in [9.17, 15) is 0 Å². The Hall–Kier alpha value is -2.28. The highest BCUT2D eigenvalue weighted by Gasteiger charge is 2.09. The summed E-state index contributed by atoms with van der Waals surface area (Å²) in [6.07, 6.45) is 1.62. The van der Waals surface area contributed by atoms with Crippen molar-refractivity contribution in [3.8, 4) is 17.2 Å². The first kappa shape index (κ1) is 9.91. The maximum atomic E-state index is 5.52. The van der Waals surface area contributed by atoms with E-state index in [0.717, 1.165) is 17.2 Å². The van der Waals surface area contributed by atoms with E-state index < -0.39 is 0 Å². The lowest BCUT2D eigenvalue weighted by molar-refractivity contribution is 0.753. The Kier molecular flexibility index (Phi) is 2.30. The smallest absolute Gasteiger partial charge is 0.200 e. The number of hydrogen-bond acceptors (Lipinski definition) is 6. The Morgan fingerprint density at radius 3 is 2.71 bits per heavy atom. The van der Waals surface area contributed by atoms with Crippen LogP contribution in [0, 0.1) is 0 Å². The van der Waals surface area contributed by atoms with Crippen molar-refractivity contribution in [1.29, 1.82) is 0 Å². The number of nitrogen functional groups attached to an aromatic ring is 1. The van der Waals surface area contributed by atoms with E-state index >= 15 is 0 Å². The van der Waals surface area contributed by atoms with Crippen LogP contribution in [0.1, 0.15) is 0 Å². The van der Waals surface area contributed by atoms with E-state index in [1.54, 1.807) is 6.20 Å². The fourth-order valence-corrected chi connectivity index (χ4v) is 1.83. The summed E-state index contributed by atoms with van der Waals surface area (Å²) in [4.78, 5) is 5.59. The number of hydrogen-bond donors (Lipinski definition) is 1. The Labute approximate surface area is 101 Å². The van der Waals surface area contributed by atoms with Crippen LogP contribution in [-0.4, -0.2) is 24.4 Å². The van der Waals surface area contributed by atoms with E-state index in [1.165, 1.54) is 4.80 Å². The van der Waals surface area contributed by atoms with Gasteiger partial charge in [0.15, 0.2) is 16.6 Å². The summed E-state index contributed by atoms with van der Waals surface area (Å²) in [5.41, 5.74) is 7.03. The van der Waals surface area contributed by atoms with Gasteiger partial charge in [-0.05, 0) is 12.1 Å². The Balaban J connectivity index is 1.99. The molecule has 7 heteroatoms. The van der Waals surface area contributed by atoms with Crippen molar-refractivity contribution in [3.63, 3.8) is 0 Å². The number of rotatable bonds is 2. The fourth-order valence-electron chi connectivity index (χ4n) is 1.39. The molecule has 0 aliphatic carbocycles. The van der Waals surface area contributed by atoms with Crippen LogP contribution in [0.15, 0.2) is 36.5 Å². The van der Waals surface area contributed by atoms with Gasteiger partial charge in [-0.3, -0.25) is 0 Å². The minimum absolute atomic E-state index is 0.425. The number of benzene rings is 1. The van der Waals surface area contributed by atoms with Crippen LogP contribution in [0.3, 0.4) is 0 Å². The molecule has 0 aliphatic heterocycles. The van der Waals surface area contributed by atoms with Gasteiger partial charge < -0.3 is 5.73 Å². The Bertz CT molecular complexity index is 629. The third-order valence-electron chi connectivity index (χ3n) is 2.15. The van der Waals surface area contributed by atoms with Crippen LogP contribution in [-0.2, 0) is 0 Å². The average Bonchev–Trinajstić information content (AvgIpc) is 2.98. The third-order valence-corrected chi connectivity index (χ3v) is 2.69. The van der Waals surface area contributed by atoms with Gasteiger partial charge in [-0.2, -0.15) is 19.3 Å². The molecular formula is C10H8N6S. The standard InChI is InChI=1S/C10H8N6S/c11-10-13-9(15-17-10)8-6-12-16(14-8)7-4-2-1-3-5-7/h1-6H,(H2,11,13,15). The minimum atomic E-state index is 0.425. The molecule has 0 unspecified atom stereocenters. The molecule has 0 aliphatic rings. The zero-order valence-electron chi connectivity index (χ0n) is 8.69. The van der Waals surface area contributed by atoms with Gasteiger partial charge in [0.2, 0.25) is 0 Å². The van der Waals surface area contributed by atoms with Crippen LogP contribution in [0.25, 0.3) is 17.2 Å². The normalized spacial score (nSPS) is 10.6. The molecule has 0 atom stereocenters. The lowest BCUT2D eigenvalue weighted by Crippen LogP contribution is -1.98. The van der Waals surface area contributed by atoms with Gasteiger partial charge in [0.05, 0.1) is 11.9 Å². The van der Waals surface area contributed by atoms with Gasteiger partial charge in [-0.15, -0.1) is 5.10 Å². The zero-order chi connectivity index (χ0) is 11.7. The second-order valence-corrected chi connectivity index (χ2v) is 4.09. The first-order valence-corrected chi connectivity index (χ1v) is 5.67. The van der Waals surface area contributed by atoms with E-state index in [0.29, 0.717) is 16.6 Å². The van der Waals surface area contributed by atoms with Crippen LogP contribution in [0.2, 0.25) is 0 Å². The highest BCUT2D eigenvalue weighted by Crippen LogP contribution is 2.16. The summed E-state index contributed by atoms with van der Waals surface area (Å²) in [6, 6.07) is 9.64. The summed E-state index contributed by atoms with van der Waals surface area (Å²) >= 11 is 1.14. The number of nitrogens with two attached hydrogens (primary N) is 1. The van der Waals surface area contributed by atoms with Crippen LogP contribution >= 0.6 is 11.5 Å². The Morgan fingerprint density at radius 1 is 1.18 bits per heavy atom. The first-order chi connectivity index (χ1) is 8.33. The van der Waals surface area contributed by atoms with Crippen molar-refractivity contribution in [1.82, 2.24) is 24.4 Å². The lowest BCUT2D eigenvalue weighted by Gasteiger charge is -1.96. The summed E-state index contributed by atoms with van der Waals surface area (Å²) in [5.74, 6) is 0.509. The van der Waals surface area contributed by atoms with Crippen molar-refractivity contribution < 1.29 is 0 Å². The molecular weight excluding hydrogens is 236 g/mol. The number of anilines is 1. The average molecular weight is 244 g/mol. The monoisotopic (exact) mass is 244 g/mol. The quantitative estimate of drug-likeness (QED) is 0.736. The molecule has 3 rings (SSSR count). The molecule has 0 spiro atoms. The minimum Gasteiger partial charge on any atom is -0.374 e. The summed E-state index contributed by atoms with van der Waals surface area (Å²) in [6.45, 7) is 0. The molecule has 0 radical (unpaired) electrons. The van der Waals surface area contributed by atoms with Crippen LogP contribution < -0.4 is 5.73 Å². The van der Waals surface area contributed by atoms with Gasteiger partial charge >= 0.3 is 0 Å². The SMILES string of the molecule is Nc1nc(-c2cnn(-c3ccccc3)n2)ns1. The first-order valence-electron chi connectivity index (χ1n) is 4.90. The zero-order valence-corrected chi connectivity index (χ0v) is 9.50. The molecule has 6 nitrogen and oxygen atoms in total. The topological polar surface area (TPSA) is 82.5 Å². The number of nitrogens with zero attached hydrogens (tertiary/aromatic N) is 5. The third kappa shape index (κ3) is 1.87. The molecule has 84 valence electrons. The van der Waals surface area contributed by atoms with Crippen molar-refractivity contribution in [2.24, 2.45) is 0 Å². The highest BCUT2D eigenvalue weighted by molar-refractivity contribution is 7.09. The predicted molar refractivity (Wildman–Crippen MR) is 64.7 cm³/mol. The van der Waals surface area contributed by atoms with Gasteiger partial charge in [0, 0.05) is 11.5 Å². The summed E-state index contributed by atoms with van der Waals surface area (Å²) < 4.78 is 4.08. The molecule has 2 N–H and O–H groups in total. The van der Waals surface area contributed by atoms with E-state index in [4.69, 9.17) is 5.73 Å². The molecule has 2 aromatic heterocycles. The van der Waals surface area contributed by atoms with Crippen LogP contribution in [0.4, 0.5) is 5.13 Å². The fraction of sp³-hybridized carbons (Fsp3) is 0. The second-order valence-electron chi connectivity index (χ2n) is 3.31. The van der Waals surface area contributed by atoms with Crippen LogP contribution in [0.5, 0.6) is 0 Å². The largest absolute Gasteiger partial charge is 0.374 e. The summed E-state index contributed by atoms with van der Waals surface area (Å²) in [5, 5.41) is 8.88. The molecule has 17 heavy (non-hydrogen) atoms. The van der Waals surface area contributed by atoms with Crippen molar-refractivity contribution in [2.75, 3.05) is 5.73 Å². The maximum Gasteiger partial charge on any atom is 0.200 e. The Morgan fingerprint density at radius 2 is 2.00 bits per heavy atom. The molecule has 0 saturated heterocycles. The molecule has 1 aromatic carbocycles. The molecule has 2 heterocycles. The molecule has 0 bridgehead atoms. The molecule has 0 fully saturated rings. The lowest BCUT2D eigenvalue weighted by atomic mass is 10.3. The summed E-state index contributed by atoms with van der Waals surface area (Å²) in [7, 11) is 0. The van der Waals surface area contributed by atoms with Crippen molar-refractivity contribution in [2.45, 2.75) is 0 Å². The van der Waals surface area contributed by atoms with E-state index in [-0.39, 0.29) is 0 Å². The highest BCUT2D eigenvalue weighted by atomic mass is 32.1. The van der Waals surface area contributed by atoms with Gasteiger partial charge in [-0.1, -0.05) is 18.2 Å². The van der Waals surface area contributed by atoms with Gasteiger partial charge in [0.25, 0.3) is 0 Å². The van der Waals surface area contributed by atoms with E-state index in [2.05, 4.69) is 19.6 Å². The van der Waals surface area contributed by atoms with E-state index in [1.807, 2.05) is 30.3 Å². The number of para-hydroxylation sites is 1. The maximum absolute atomic E-state index is 5.52.